The Labute approximate surface area is 179 Å². The number of amides is 1. The van der Waals surface area contributed by atoms with Crippen molar-refractivity contribution in [3.63, 3.8) is 0 Å². The Morgan fingerprint density at radius 1 is 1.23 bits per heavy atom. The molecule has 0 saturated carbocycles. The van der Waals surface area contributed by atoms with E-state index in [-0.39, 0.29) is 30.5 Å². The molecule has 3 aromatic rings. The lowest BCUT2D eigenvalue weighted by molar-refractivity contribution is -0.125. The van der Waals surface area contributed by atoms with Crippen molar-refractivity contribution in [2.45, 2.75) is 12.8 Å². The minimum atomic E-state index is -0.233. The number of hydrogen-bond acceptors (Lipinski definition) is 4. The Morgan fingerprint density at radius 2 is 2.03 bits per heavy atom. The molecular weight excluding hydrogens is 402 g/mol. The number of aliphatic hydroxyl groups excluding tert-OH is 1. The summed E-state index contributed by atoms with van der Waals surface area (Å²) in [5, 5.41) is 13.2. The number of fused-ring (bicyclic) bond motifs is 1. The molecule has 0 spiro atoms. The molecule has 3 N–H and O–H groups in total. The molecular formula is C23H24ClN3O3. The Bertz CT molecular complexity index is 1110. The second-order valence-electron chi connectivity index (χ2n) is 7.53. The number of aliphatic hydroxyl groups is 1. The van der Waals surface area contributed by atoms with Crippen molar-refractivity contribution in [1.82, 2.24) is 10.3 Å². The number of benzene rings is 2. The van der Waals surface area contributed by atoms with Gasteiger partial charge in [0.2, 0.25) is 5.91 Å². The molecule has 1 aliphatic rings. The molecule has 6 nitrogen and oxygen atoms in total. The molecule has 1 atom stereocenters. The highest BCUT2D eigenvalue weighted by atomic mass is 35.5. The maximum Gasteiger partial charge on any atom is 0.272 e. The molecule has 1 saturated heterocycles. The van der Waals surface area contributed by atoms with Crippen LogP contribution in [0.5, 0.6) is 0 Å². The summed E-state index contributed by atoms with van der Waals surface area (Å²) in [6, 6.07) is 15.2. The summed E-state index contributed by atoms with van der Waals surface area (Å²) >= 11 is 6.29. The van der Waals surface area contributed by atoms with Crippen molar-refractivity contribution in [2.75, 3.05) is 31.1 Å². The van der Waals surface area contributed by atoms with Gasteiger partial charge in [-0.05, 0) is 36.6 Å². The van der Waals surface area contributed by atoms with E-state index in [1.165, 1.54) is 0 Å². The van der Waals surface area contributed by atoms with Gasteiger partial charge in [-0.3, -0.25) is 9.59 Å². The molecule has 0 radical (unpaired) electrons. The molecule has 7 heteroatoms. The Balaban J connectivity index is 1.83. The molecule has 0 bridgehead atoms. The maximum absolute atomic E-state index is 13.2. The number of piperidine rings is 1. The lowest BCUT2D eigenvalue weighted by Gasteiger charge is -2.34. The van der Waals surface area contributed by atoms with Crippen LogP contribution in [0, 0.1) is 5.92 Å². The van der Waals surface area contributed by atoms with Gasteiger partial charge in [-0.25, -0.2) is 0 Å². The number of hydrogen-bond donors (Lipinski definition) is 3. The molecule has 156 valence electrons. The molecule has 4 rings (SSSR count). The van der Waals surface area contributed by atoms with Gasteiger partial charge in [0.25, 0.3) is 5.56 Å². The van der Waals surface area contributed by atoms with Gasteiger partial charge in [0.05, 0.1) is 12.5 Å². The lowest BCUT2D eigenvalue weighted by atomic mass is 9.94. The SMILES string of the molecule is O=C(NCCO)C1CCCN(c2c(-c3ccccc3)c3cc(Cl)ccc3[nH]c2=O)C1. The van der Waals surface area contributed by atoms with Gasteiger partial charge in [-0.15, -0.1) is 0 Å². The van der Waals surface area contributed by atoms with Crippen LogP contribution in [0.4, 0.5) is 5.69 Å². The molecule has 1 fully saturated rings. The summed E-state index contributed by atoms with van der Waals surface area (Å²) in [5.74, 6) is -0.321. The second-order valence-corrected chi connectivity index (χ2v) is 7.97. The van der Waals surface area contributed by atoms with Crippen molar-refractivity contribution in [1.29, 1.82) is 0 Å². The van der Waals surface area contributed by atoms with Gasteiger partial charge in [-0.1, -0.05) is 41.9 Å². The standard InChI is InChI=1S/C23H24ClN3O3/c24-17-8-9-19-18(13-17)20(15-5-2-1-3-6-15)21(23(30)26-19)27-11-4-7-16(14-27)22(29)25-10-12-28/h1-3,5-6,8-9,13,16,28H,4,7,10-12,14H2,(H,25,29)(H,26,30). The van der Waals surface area contributed by atoms with Crippen LogP contribution in [0.2, 0.25) is 5.02 Å². The van der Waals surface area contributed by atoms with Gasteiger partial charge < -0.3 is 20.3 Å². The molecule has 1 unspecified atom stereocenters. The number of aromatic nitrogens is 1. The number of nitrogens with zero attached hydrogens (tertiary/aromatic N) is 1. The monoisotopic (exact) mass is 425 g/mol. The summed E-state index contributed by atoms with van der Waals surface area (Å²) in [4.78, 5) is 30.7. The van der Waals surface area contributed by atoms with Crippen molar-refractivity contribution in [3.8, 4) is 11.1 Å². The van der Waals surface area contributed by atoms with Crippen LogP contribution < -0.4 is 15.8 Å². The van der Waals surface area contributed by atoms with Gasteiger partial charge in [0.15, 0.2) is 0 Å². The molecule has 2 aromatic carbocycles. The number of rotatable bonds is 5. The highest BCUT2D eigenvalue weighted by Crippen LogP contribution is 2.37. The van der Waals surface area contributed by atoms with E-state index in [1.54, 1.807) is 6.07 Å². The second kappa shape index (κ2) is 8.90. The average Bonchev–Trinajstić information content (AvgIpc) is 2.77. The van der Waals surface area contributed by atoms with Crippen molar-refractivity contribution in [3.05, 3.63) is 63.9 Å². The quantitative estimate of drug-likeness (QED) is 0.586. The minimum Gasteiger partial charge on any atom is -0.395 e. The minimum absolute atomic E-state index is 0.0877. The Kier molecular flexibility index (Phi) is 6.06. The fourth-order valence-corrected chi connectivity index (χ4v) is 4.34. The van der Waals surface area contributed by atoms with Gasteiger partial charge in [-0.2, -0.15) is 0 Å². The Morgan fingerprint density at radius 3 is 2.80 bits per heavy atom. The van der Waals surface area contributed by atoms with E-state index < -0.39 is 0 Å². The molecule has 30 heavy (non-hydrogen) atoms. The fourth-order valence-electron chi connectivity index (χ4n) is 4.17. The van der Waals surface area contributed by atoms with E-state index in [2.05, 4.69) is 10.3 Å². The van der Waals surface area contributed by atoms with Crippen LogP contribution in [0.1, 0.15) is 12.8 Å². The normalized spacial score (nSPS) is 16.6. The van der Waals surface area contributed by atoms with Crippen LogP contribution in [0.15, 0.2) is 53.3 Å². The summed E-state index contributed by atoms with van der Waals surface area (Å²) in [5.41, 5.74) is 2.86. The number of carbonyl (C=O) groups excluding carboxylic acids is 1. The number of anilines is 1. The summed E-state index contributed by atoms with van der Waals surface area (Å²) < 4.78 is 0. The first kappa shape index (κ1) is 20.4. The van der Waals surface area contributed by atoms with Crippen molar-refractivity contribution in [2.24, 2.45) is 5.92 Å². The zero-order valence-corrected chi connectivity index (χ0v) is 17.3. The van der Waals surface area contributed by atoms with Crippen LogP contribution in [-0.2, 0) is 4.79 Å². The first-order valence-corrected chi connectivity index (χ1v) is 10.5. The highest BCUT2D eigenvalue weighted by molar-refractivity contribution is 6.31. The van der Waals surface area contributed by atoms with Gasteiger partial charge in [0, 0.05) is 41.1 Å². The van der Waals surface area contributed by atoms with Crippen LogP contribution in [-0.4, -0.2) is 42.2 Å². The predicted molar refractivity (Wildman–Crippen MR) is 120 cm³/mol. The number of pyridine rings is 1. The lowest BCUT2D eigenvalue weighted by Crippen LogP contribution is -2.45. The highest BCUT2D eigenvalue weighted by Gasteiger charge is 2.29. The maximum atomic E-state index is 13.2. The zero-order chi connectivity index (χ0) is 21.1. The first-order valence-electron chi connectivity index (χ1n) is 10.1. The van der Waals surface area contributed by atoms with Crippen molar-refractivity contribution >= 4 is 34.1 Å². The molecule has 2 heterocycles. The molecule has 1 aromatic heterocycles. The summed E-state index contributed by atoms with van der Waals surface area (Å²) in [6.45, 7) is 1.29. The zero-order valence-electron chi connectivity index (χ0n) is 16.5. The van der Waals surface area contributed by atoms with E-state index in [0.717, 1.165) is 34.9 Å². The van der Waals surface area contributed by atoms with E-state index >= 15 is 0 Å². The average molecular weight is 426 g/mol. The topological polar surface area (TPSA) is 85.4 Å². The third-order valence-electron chi connectivity index (χ3n) is 5.53. The van der Waals surface area contributed by atoms with Gasteiger partial charge >= 0.3 is 0 Å². The first-order chi connectivity index (χ1) is 14.6. The number of H-pyrrole nitrogens is 1. The largest absolute Gasteiger partial charge is 0.395 e. The van der Waals surface area contributed by atoms with E-state index in [0.29, 0.717) is 23.8 Å². The van der Waals surface area contributed by atoms with Crippen molar-refractivity contribution < 1.29 is 9.90 Å². The third kappa shape index (κ3) is 4.06. The number of aromatic amines is 1. The number of nitrogens with one attached hydrogen (secondary N) is 2. The smallest absolute Gasteiger partial charge is 0.272 e. The molecule has 1 aliphatic heterocycles. The summed E-state index contributed by atoms with van der Waals surface area (Å²) in [6.07, 6.45) is 1.56. The third-order valence-corrected chi connectivity index (χ3v) is 5.77. The van der Waals surface area contributed by atoms with E-state index in [4.69, 9.17) is 16.7 Å². The fraction of sp³-hybridized carbons (Fsp3) is 0.304. The van der Waals surface area contributed by atoms with E-state index in [1.807, 2.05) is 47.4 Å². The van der Waals surface area contributed by atoms with Crippen LogP contribution >= 0.6 is 11.6 Å². The molecule has 1 amide bonds. The summed E-state index contributed by atoms with van der Waals surface area (Å²) in [7, 11) is 0. The molecule has 0 aliphatic carbocycles. The van der Waals surface area contributed by atoms with Crippen LogP contribution in [0.3, 0.4) is 0 Å². The predicted octanol–water partition coefficient (Wildman–Crippen LogP) is 3.17. The Hall–Kier alpha value is -2.83. The van der Waals surface area contributed by atoms with Gasteiger partial charge in [0.1, 0.15) is 5.69 Å². The number of carbonyl (C=O) groups is 1. The van der Waals surface area contributed by atoms with E-state index in [9.17, 15) is 9.59 Å². The number of halogens is 1. The van der Waals surface area contributed by atoms with Crippen LogP contribution in [0.25, 0.3) is 22.0 Å².